The van der Waals surface area contributed by atoms with Gasteiger partial charge in [-0.3, -0.25) is 9.58 Å². The van der Waals surface area contributed by atoms with Crippen molar-refractivity contribution < 1.29 is 0 Å². The highest BCUT2D eigenvalue weighted by Crippen LogP contribution is 2.22. The van der Waals surface area contributed by atoms with Crippen molar-refractivity contribution in [3.8, 4) is 0 Å². The van der Waals surface area contributed by atoms with Crippen molar-refractivity contribution in [3.63, 3.8) is 0 Å². The van der Waals surface area contributed by atoms with Crippen LogP contribution in [0.4, 0.5) is 0 Å². The van der Waals surface area contributed by atoms with E-state index in [1.54, 1.807) is 0 Å². The molecule has 1 aliphatic heterocycles. The van der Waals surface area contributed by atoms with Crippen LogP contribution >= 0.6 is 11.6 Å². The van der Waals surface area contributed by atoms with Crippen LogP contribution in [0.25, 0.3) is 0 Å². The van der Waals surface area contributed by atoms with Gasteiger partial charge in [0.05, 0.1) is 5.69 Å². The standard InChI is InChI=1S/C13H22ClN3/c1-10(2)17-7-4-12(15-17)9-16-6-5-13(14)11(3)8-16/h4,7,10-11,13H,5-6,8-9H2,1-3H3. The Bertz CT molecular complexity index is 361. The van der Waals surface area contributed by atoms with Crippen LogP contribution in [0.15, 0.2) is 12.3 Å². The summed E-state index contributed by atoms with van der Waals surface area (Å²) in [5, 5.41) is 4.94. The van der Waals surface area contributed by atoms with Gasteiger partial charge in [-0.05, 0) is 38.8 Å². The van der Waals surface area contributed by atoms with Gasteiger partial charge in [0.25, 0.3) is 0 Å². The number of rotatable bonds is 3. The molecule has 17 heavy (non-hydrogen) atoms. The Labute approximate surface area is 109 Å². The maximum Gasteiger partial charge on any atom is 0.0764 e. The van der Waals surface area contributed by atoms with Crippen LogP contribution in [0.1, 0.15) is 38.9 Å². The first-order valence-corrected chi connectivity index (χ1v) is 6.90. The van der Waals surface area contributed by atoms with E-state index in [0.29, 0.717) is 17.3 Å². The Morgan fingerprint density at radius 3 is 2.88 bits per heavy atom. The molecule has 96 valence electrons. The van der Waals surface area contributed by atoms with Gasteiger partial charge in [-0.25, -0.2) is 0 Å². The van der Waals surface area contributed by atoms with E-state index in [4.69, 9.17) is 11.6 Å². The largest absolute Gasteiger partial charge is 0.297 e. The van der Waals surface area contributed by atoms with Gasteiger partial charge < -0.3 is 0 Å². The number of hydrogen-bond acceptors (Lipinski definition) is 2. The second kappa shape index (κ2) is 5.40. The Hall–Kier alpha value is -0.540. The van der Waals surface area contributed by atoms with Gasteiger partial charge in [-0.1, -0.05) is 6.92 Å². The summed E-state index contributed by atoms with van der Waals surface area (Å²) in [7, 11) is 0. The van der Waals surface area contributed by atoms with Gasteiger partial charge >= 0.3 is 0 Å². The maximum absolute atomic E-state index is 6.23. The van der Waals surface area contributed by atoms with Crippen LogP contribution in [-0.4, -0.2) is 33.1 Å². The Balaban J connectivity index is 1.92. The van der Waals surface area contributed by atoms with Crippen LogP contribution in [-0.2, 0) is 6.54 Å². The molecule has 0 saturated carbocycles. The van der Waals surface area contributed by atoms with Crippen LogP contribution in [0.5, 0.6) is 0 Å². The van der Waals surface area contributed by atoms with Crippen molar-refractivity contribution in [2.24, 2.45) is 5.92 Å². The molecule has 0 spiro atoms. The van der Waals surface area contributed by atoms with Crippen LogP contribution in [0, 0.1) is 5.92 Å². The van der Waals surface area contributed by atoms with Gasteiger partial charge in [0.2, 0.25) is 0 Å². The third-order valence-corrected chi connectivity index (χ3v) is 4.11. The molecule has 2 unspecified atom stereocenters. The van der Waals surface area contributed by atoms with E-state index in [1.165, 1.54) is 5.69 Å². The summed E-state index contributed by atoms with van der Waals surface area (Å²) >= 11 is 6.23. The third-order valence-electron chi connectivity index (χ3n) is 3.46. The summed E-state index contributed by atoms with van der Waals surface area (Å²) in [4.78, 5) is 2.45. The van der Waals surface area contributed by atoms with Crippen LogP contribution in [0.3, 0.4) is 0 Å². The van der Waals surface area contributed by atoms with E-state index < -0.39 is 0 Å². The molecule has 1 aliphatic rings. The SMILES string of the molecule is CC1CN(Cc2ccn(C(C)C)n2)CCC1Cl. The number of alkyl halides is 1. The van der Waals surface area contributed by atoms with Crippen molar-refractivity contribution in [1.82, 2.24) is 14.7 Å². The lowest BCUT2D eigenvalue weighted by Gasteiger charge is -2.33. The first-order chi connectivity index (χ1) is 8.06. The lowest BCUT2D eigenvalue weighted by Crippen LogP contribution is -2.39. The normalized spacial score (nSPS) is 26.6. The maximum atomic E-state index is 6.23. The molecule has 2 heterocycles. The van der Waals surface area contributed by atoms with Gasteiger partial charge in [-0.15, -0.1) is 11.6 Å². The Morgan fingerprint density at radius 1 is 1.53 bits per heavy atom. The molecule has 0 amide bonds. The summed E-state index contributed by atoms with van der Waals surface area (Å²) < 4.78 is 2.02. The molecule has 0 aliphatic carbocycles. The number of hydrogen-bond donors (Lipinski definition) is 0. The van der Waals surface area contributed by atoms with E-state index >= 15 is 0 Å². The number of likely N-dealkylation sites (tertiary alicyclic amines) is 1. The Morgan fingerprint density at radius 2 is 2.29 bits per heavy atom. The molecule has 2 rings (SSSR count). The van der Waals surface area contributed by atoms with Crippen LogP contribution in [0.2, 0.25) is 0 Å². The molecule has 1 aromatic heterocycles. The summed E-state index contributed by atoms with van der Waals surface area (Å²) in [6.45, 7) is 9.66. The van der Waals surface area contributed by atoms with Gasteiger partial charge in [0.15, 0.2) is 0 Å². The molecule has 3 nitrogen and oxygen atoms in total. The minimum absolute atomic E-state index is 0.347. The van der Waals surface area contributed by atoms with Crippen molar-refractivity contribution in [1.29, 1.82) is 0 Å². The summed E-state index contributed by atoms with van der Waals surface area (Å²) in [6.07, 6.45) is 3.16. The number of halogens is 1. The number of aromatic nitrogens is 2. The Kier molecular flexibility index (Phi) is 4.10. The highest BCUT2D eigenvalue weighted by molar-refractivity contribution is 6.20. The van der Waals surface area contributed by atoms with Crippen molar-refractivity contribution >= 4 is 11.6 Å². The zero-order valence-electron chi connectivity index (χ0n) is 10.9. The lowest BCUT2D eigenvalue weighted by atomic mass is 9.99. The fourth-order valence-electron chi connectivity index (χ4n) is 2.33. The fraction of sp³-hybridized carbons (Fsp3) is 0.769. The van der Waals surface area contributed by atoms with Crippen molar-refractivity contribution in [3.05, 3.63) is 18.0 Å². The van der Waals surface area contributed by atoms with E-state index in [0.717, 1.165) is 26.1 Å². The second-order valence-corrected chi connectivity index (χ2v) is 5.96. The molecule has 0 N–H and O–H groups in total. The van der Waals surface area contributed by atoms with Crippen molar-refractivity contribution in [2.45, 2.75) is 45.2 Å². The molecule has 1 aromatic rings. The van der Waals surface area contributed by atoms with Crippen LogP contribution < -0.4 is 0 Å². The molecule has 0 aromatic carbocycles. The highest BCUT2D eigenvalue weighted by Gasteiger charge is 2.24. The number of nitrogens with zero attached hydrogens (tertiary/aromatic N) is 3. The lowest BCUT2D eigenvalue weighted by molar-refractivity contribution is 0.177. The smallest absolute Gasteiger partial charge is 0.0764 e. The summed E-state index contributed by atoms with van der Waals surface area (Å²) in [5.74, 6) is 0.581. The van der Waals surface area contributed by atoms with Crippen molar-refractivity contribution in [2.75, 3.05) is 13.1 Å². The zero-order valence-corrected chi connectivity index (χ0v) is 11.7. The van der Waals surface area contributed by atoms with E-state index in [2.05, 4.69) is 43.0 Å². The van der Waals surface area contributed by atoms with Gasteiger partial charge in [0, 0.05) is 30.7 Å². The summed E-state index contributed by atoms with van der Waals surface area (Å²) in [5.41, 5.74) is 1.17. The molecule has 2 atom stereocenters. The molecule has 1 fully saturated rings. The molecule has 0 bridgehead atoms. The predicted molar refractivity (Wildman–Crippen MR) is 71.3 cm³/mol. The highest BCUT2D eigenvalue weighted by atomic mass is 35.5. The topological polar surface area (TPSA) is 21.1 Å². The molecular formula is C13H22ClN3. The monoisotopic (exact) mass is 255 g/mol. The molecule has 1 saturated heterocycles. The molecular weight excluding hydrogens is 234 g/mol. The fourth-order valence-corrected chi connectivity index (χ4v) is 2.50. The summed E-state index contributed by atoms with van der Waals surface area (Å²) in [6, 6.07) is 2.56. The van der Waals surface area contributed by atoms with E-state index in [1.807, 2.05) is 4.68 Å². The average Bonchev–Trinajstić information content (AvgIpc) is 2.72. The average molecular weight is 256 g/mol. The quantitative estimate of drug-likeness (QED) is 0.775. The first-order valence-electron chi connectivity index (χ1n) is 6.46. The molecule has 4 heteroatoms. The van der Waals surface area contributed by atoms with E-state index in [9.17, 15) is 0 Å². The first kappa shape index (κ1) is 12.9. The zero-order chi connectivity index (χ0) is 12.4. The van der Waals surface area contributed by atoms with Gasteiger partial charge in [-0.2, -0.15) is 5.10 Å². The second-order valence-electron chi connectivity index (χ2n) is 5.40. The molecule has 0 radical (unpaired) electrons. The third kappa shape index (κ3) is 3.23. The number of piperidine rings is 1. The minimum atomic E-state index is 0.347. The van der Waals surface area contributed by atoms with Gasteiger partial charge in [0.1, 0.15) is 0 Å². The predicted octanol–water partition coefficient (Wildman–Crippen LogP) is 2.91. The van der Waals surface area contributed by atoms with E-state index in [-0.39, 0.29) is 0 Å². The minimum Gasteiger partial charge on any atom is -0.297 e.